The van der Waals surface area contributed by atoms with Crippen molar-refractivity contribution >= 4 is 83.7 Å². The molecule has 0 bridgehead atoms. The van der Waals surface area contributed by atoms with Crippen molar-refractivity contribution in [1.29, 1.82) is 0 Å². The number of benzene rings is 4. The van der Waals surface area contributed by atoms with E-state index < -0.39 is 10.0 Å². The molecule has 4 aromatic carbocycles. The Labute approximate surface area is 232 Å². The fourth-order valence-corrected chi connectivity index (χ4v) is 5.32. The van der Waals surface area contributed by atoms with E-state index in [1.807, 2.05) is 54.6 Å². The van der Waals surface area contributed by atoms with Gasteiger partial charge in [-0.15, -0.1) is 0 Å². The van der Waals surface area contributed by atoms with Crippen molar-refractivity contribution in [1.82, 2.24) is 5.43 Å². The maximum Gasteiger partial charge on any atom is 0.279 e. The van der Waals surface area contributed by atoms with Crippen LogP contribution in [-0.4, -0.2) is 25.1 Å². The highest BCUT2D eigenvalue weighted by Crippen LogP contribution is 2.33. The maximum absolute atomic E-state index is 13.5. The molecule has 0 unspecified atom stereocenters. The summed E-state index contributed by atoms with van der Waals surface area (Å²) in [7, 11) is -3.79. The fourth-order valence-electron chi connectivity index (χ4n) is 4.15. The van der Waals surface area contributed by atoms with Gasteiger partial charge in [0.25, 0.3) is 5.91 Å². The zero-order valence-corrected chi connectivity index (χ0v) is 23.0. The number of thiocarbonyl (C=S) groups is 1. The first-order valence-corrected chi connectivity index (χ1v) is 14.1. The van der Waals surface area contributed by atoms with Crippen LogP contribution in [0.5, 0.6) is 0 Å². The third kappa shape index (κ3) is 5.34. The number of sulfonamides is 1. The van der Waals surface area contributed by atoms with E-state index in [1.54, 1.807) is 4.90 Å². The van der Waals surface area contributed by atoms with Gasteiger partial charge in [-0.2, -0.15) is 5.10 Å². The highest BCUT2D eigenvalue weighted by Gasteiger charge is 2.34. The molecule has 0 spiro atoms. The van der Waals surface area contributed by atoms with Crippen molar-refractivity contribution in [3.05, 3.63) is 99.6 Å². The Hall–Kier alpha value is -3.39. The Bertz CT molecular complexity index is 1680. The van der Waals surface area contributed by atoms with Gasteiger partial charge in [0.05, 0.1) is 17.1 Å². The van der Waals surface area contributed by atoms with E-state index in [1.165, 1.54) is 24.3 Å². The number of hydrogen-bond donors (Lipinski definition) is 3. The average Bonchev–Trinajstić information content (AvgIpc) is 3.12. The van der Waals surface area contributed by atoms with Crippen LogP contribution in [0.4, 0.5) is 11.4 Å². The second-order valence-electron chi connectivity index (χ2n) is 8.29. The molecular weight excluding hydrogens is 621 g/mol. The van der Waals surface area contributed by atoms with Gasteiger partial charge in [-0.1, -0.05) is 42.5 Å². The van der Waals surface area contributed by atoms with Crippen LogP contribution in [0, 0.1) is 3.57 Å². The van der Waals surface area contributed by atoms with E-state index in [4.69, 9.17) is 17.4 Å². The SMILES string of the molecule is NS(=O)(=O)c1ccc(NC(=S)NN=C2C(=O)N(Cc3cccc4ccccc34)c3ccc(I)cc32)cc1. The number of nitrogens with two attached hydrogens (primary N) is 1. The molecule has 4 aromatic rings. The number of hydrogen-bond acceptors (Lipinski definition) is 5. The minimum Gasteiger partial charge on any atom is -0.331 e. The summed E-state index contributed by atoms with van der Waals surface area (Å²) < 4.78 is 23.9. The minimum absolute atomic E-state index is 0.00813. The summed E-state index contributed by atoms with van der Waals surface area (Å²) in [5, 5.41) is 14.7. The summed E-state index contributed by atoms with van der Waals surface area (Å²) in [6.07, 6.45) is 0. The zero-order valence-electron chi connectivity index (χ0n) is 19.2. The van der Waals surface area contributed by atoms with E-state index >= 15 is 0 Å². The Balaban J connectivity index is 1.39. The van der Waals surface area contributed by atoms with Crippen molar-refractivity contribution in [2.75, 3.05) is 10.2 Å². The van der Waals surface area contributed by atoms with E-state index in [0.717, 1.165) is 25.6 Å². The van der Waals surface area contributed by atoms with Gasteiger partial charge in [0, 0.05) is 14.8 Å². The summed E-state index contributed by atoms with van der Waals surface area (Å²) in [6.45, 7) is 0.395. The maximum atomic E-state index is 13.5. The molecule has 37 heavy (non-hydrogen) atoms. The Morgan fingerprint density at radius 2 is 1.73 bits per heavy atom. The van der Waals surface area contributed by atoms with Crippen LogP contribution in [0.2, 0.25) is 0 Å². The number of anilines is 2. The normalized spacial score (nSPS) is 14.2. The third-order valence-corrected chi connectivity index (χ3v) is 7.66. The standard InChI is InChI=1S/C26H20IN5O3S2/c27-18-8-13-23-22(14-18)24(30-31-26(36)29-19-9-11-20(12-10-19)37(28,34)35)25(33)32(23)15-17-6-3-5-16-4-1-2-7-21(16)17/h1-14H,15H2,(H2,28,34,35)(H2,29,31,36). The number of hydrazone groups is 1. The lowest BCUT2D eigenvalue weighted by Gasteiger charge is -2.18. The molecule has 0 saturated carbocycles. The van der Waals surface area contributed by atoms with Gasteiger partial charge < -0.3 is 10.2 Å². The number of primary sulfonamides is 1. The van der Waals surface area contributed by atoms with E-state index in [-0.39, 0.29) is 21.6 Å². The van der Waals surface area contributed by atoms with Gasteiger partial charge in [-0.05, 0) is 93.6 Å². The van der Waals surface area contributed by atoms with Crippen LogP contribution in [0.15, 0.2) is 94.9 Å². The molecule has 8 nitrogen and oxygen atoms in total. The summed E-state index contributed by atoms with van der Waals surface area (Å²) in [4.78, 5) is 15.2. The Morgan fingerprint density at radius 3 is 2.49 bits per heavy atom. The molecular formula is C26H20IN5O3S2. The lowest BCUT2D eigenvalue weighted by atomic mass is 10.0. The number of halogens is 1. The molecule has 1 aliphatic rings. The molecule has 0 aromatic heterocycles. The van der Waals surface area contributed by atoms with Crippen molar-refractivity contribution in [2.24, 2.45) is 10.2 Å². The van der Waals surface area contributed by atoms with Gasteiger partial charge in [-0.3, -0.25) is 10.2 Å². The first-order valence-electron chi connectivity index (χ1n) is 11.1. The number of rotatable bonds is 5. The van der Waals surface area contributed by atoms with E-state index in [9.17, 15) is 13.2 Å². The molecule has 1 aliphatic heterocycles. The van der Waals surface area contributed by atoms with Crippen LogP contribution in [0.25, 0.3) is 10.8 Å². The largest absolute Gasteiger partial charge is 0.331 e. The quantitative estimate of drug-likeness (QED) is 0.170. The van der Waals surface area contributed by atoms with Crippen molar-refractivity contribution in [3.8, 4) is 0 Å². The molecule has 11 heteroatoms. The molecule has 4 N–H and O–H groups in total. The lowest BCUT2D eigenvalue weighted by molar-refractivity contribution is -0.112. The topological polar surface area (TPSA) is 117 Å². The van der Waals surface area contributed by atoms with Crippen molar-refractivity contribution in [3.63, 3.8) is 0 Å². The van der Waals surface area contributed by atoms with Gasteiger partial charge in [0.2, 0.25) is 10.0 Å². The predicted octanol–water partition coefficient (Wildman–Crippen LogP) is 4.33. The summed E-state index contributed by atoms with van der Waals surface area (Å²) in [5.41, 5.74) is 6.05. The molecule has 1 amide bonds. The number of carbonyl (C=O) groups excluding carboxylic acids is 1. The van der Waals surface area contributed by atoms with Crippen LogP contribution in [0.3, 0.4) is 0 Å². The molecule has 0 fully saturated rings. The van der Waals surface area contributed by atoms with Crippen molar-refractivity contribution < 1.29 is 13.2 Å². The summed E-state index contributed by atoms with van der Waals surface area (Å²) >= 11 is 7.53. The molecule has 5 rings (SSSR count). The molecule has 0 aliphatic carbocycles. The number of carbonyl (C=O) groups is 1. The molecule has 1 heterocycles. The van der Waals surface area contributed by atoms with Gasteiger partial charge in [0.15, 0.2) is 10.8 Å². The number of nitrogens with zero attached hydrogens (tertiary/aromatic N) is 2. The van der Waals surface area contributed by atoms with Crippen LogP contribution in [0.1, 0.15) is 11.1 Å². The smallest absolute Gasteiger partial charge is 0.279 e. The van der Waals surface area contributed by atoms with Crippen LogP contribution < -0.4 is 20.8 Å². The number of fused-ring (bicyclic) bond motifs is 2. The van der Waals surface area contributed by atoms with Crippen LogP contribution >= 0.6 is 34.8 Å². The molecule has 0 saturated heterocycles. The summed E-state index contributed by atoms with van der Waals surface area (Å²) in [5.74, 6) is -0.238. The van der Waals surface area contributed by atoms with E-state index in [0.29, 0.717) is 17.8 Å². The van der Waals surface area contributed by atoms with Gasteiger partial charge in [-0.25, -0.2) is 13.6 Å². The second kappa shape index (κ2) is 10.2. The van der Waals surface area contributed by atoms with Gasteiger partial charge >= 0.3 is 0 Å². The first kappa shape index (κ1) is 25.3. The lowest BCUT2D eigenvalue weighted by Crippen LogP contribution is -2.32. The Kier molecular flexibility index (Phi) is 6.94. The highest BCUT2D eigenvalue weighted by molar-refractivity contribution is 14.1. The third-order valence-electron chi connectivity index (χ3n) is 5.87. The molecule has 0 radical (unpaired) electrons. The Morgan fingerprint density at radius 1 is 1.00 bits per heavy atom. The monoisotopic (exact) mass is 641 g/mol. The molecule has 186 valence electrons. The van der Waals surface area contributed by atoms with Crippen LogP contribution in [-0.2, 0) is 21.4 Å². The predicted molar refractivity (Wildman–Crippen MR) is 158 cm³/mol. The average molecular weight is 642 g/mol. The first-order chi connectivity index (χ1) is 17.7. The number of amides is 1. The van der Waals surface area contributed by atoms with E-state index in [2.05, 4.69) is 44.5 Å². The number of nitrogens with one attached hydrogen (secondary N) is 2. The van der Waals surface area contributed by atoms with Gasteiger partial charge in [0.1, 0.15) is 0 Å². The zero-order chi connectivity index (χ0) is 26.2. The van der Waals surface area contributed by atoms with Crippen molar-refractivity contribution in [2.45, 2.75) is 11.4 Å². The summed E-state index contributed by atoms with van der Waals surface area (Å²) in [6, 6.07) is 25.7. The fraction of sp³-hybridized carbons (Fsp3) is 0.0385. The second-order valence-corrected chi connectivity index (χ2v) is 11.5. The highest BCUT2D eigenvalue weighted by atomic mass is 127. The molecule has 0 atom stereocenters. The minimum atomic E-state index is -3.79.